The molecule has 0 unspecified atom stereocenters. The number of nitrogens with zero attached hydrogens (tertiary/aromatic N) is 1. The van der Waals surface area contributed by atoms with Crippen LogP contribution in [0.4, 0.5) is 4.79 Å². The Bertz CT molecular complexity index is 518. The van der Waals surface area contributed by atoms with Gasteiger partial charge in [-0.15, -0.1) is 0 Å². The molecule has 0 saturated carbocycles. The maximum Gasteiger partial charge on any atom is 0.322 e. The minimum absolute atomic E-state index is 0.00741. The fraction of sp³-hybridized carbons (Fsp3) is 0.462. The SMILES string of the molecule is O=C1C[C@@H](C(=O)N2CC(Cc3ccoc3)C2)NC(=O)N1. The Morgan fingerprint density at radius 1 is 1.40 bits per heavy atom. The number of likely N-dealkylation sites (tertiary alicyclic amines) is 1. The number of furan rings is 1. The van der Waals surface area contributed by atoms with Crippen LogP contribution in [-0.2, 0) is 16.0 Å². The van der Waals surface area contributed by atoms with E-state index >= 15 is 0 Å². The van der Waals surface area contributed by atoms with Crippen LogP contribution in [0.25, 0.3) is 0 Å². The molecule has 0 aromatic carbocycles. The number of imide groups is 1. The summed E-state index contributed by atoms with van der Waals surface area (Å²) in [7, 11) is 0. The van der Waals surface area contributed by atoms with Gasteiger partial charge in [-0.1, -0.05) is 0 Å². The van der Waals surface area contributed by atoms with Gasteiger partial charge < -0.3 is 14.6 Å². The minimum atomic E-state index is -0.730. The van der Waals surface area contributed by atoms with Gasteiger partial charge in [-0.3, -0.25) is 14.9 Å². The van der Waals surface area contributed by atoms with Crippen LogP contribution < -0.4 is 10.6 Å². The third-order valence-corrected chi connectivity index (χ3v) is 3.62. The number of carbonyl (C=O) groups excluding carboxylic acids is 3. The van der Waals surface area contributed by atoms with Gasteiger partial charge >= 0.3 is 6.03 Å². The topological polar surface area (TPSA) is 91.7 Å². The van der Waals surface area contributed by atoms with E-state index in [9.17, 15) is 14.4 Å². The largest absolute Gasteiger partial charge is 0.472 e. The molecule has 7 heteroatoms. The van der Waals surface area contributed by atoms with Crippen LogP contribution in [0.3, 0.4) is 0 Å². The van der Waals surface area contributed by atoms with Gasteiger partial charge in [0.2, 0.25) is 11.8 Å². The molecule has 106 valence electrons. The highest BCUT2D eigenvalue weighted by Crippen LogP contribution is 2.22. The highest BCUT2D eigenvalue weighted by molar-refractivity contribution is 6.02. The molecule has 2 fully saturated rings. The van der Waals surface area contributed by atoms with Gasteiger partial charge in [-0.2, -0.15) is 0 Å². The molecule has 1 aromatic heterocycles. The molecule has 3 rings (SSSR count). The standard InChI is InChI=1S/C13H15N3O4/c17-11-4-10(14-13(19)15-11)12(18)16-5-9(6-16)3-8-1-2-20-7-8/h1-2,7,9-10H,3-6H2,(H2,14,15,17,19)/t10-/m0/s1. The Morgan fingerprint density at radius 2 is 2.20 bits per heavy atom. The molecule has 0 spiro atoms. The van der Waals surface area contributed by atoms with E-state index in [4.69, 9.17) is 4.42 Å². The monoisotopic (exact) mass is 277 g/mol. The molecule has 7 nitrogen and oxygen atoms in total. The molecule has 0 aliphatic carbocycles. The minimum Gasteiger partial charge on any atom is -0.472 e. The first-order valence-corrected chi connectivity index (χ1v) is 6.52. The molecule has 1 atom stereocenters. The van der Waals surface area contributed by atoms with Crippen molar-refractivity contribution in [2.45, 2.75) is 18.9 Å². The van der Waals surface area contributed by atoms with Crippen molar-refractivity contribution in [3.8, 4) is 0 Å². The van der Waals surface area contributed by atoms with Crippen molar-refractivity contribution in [3.05, 3.63) is 24.2 Å². The molecule has 0 bridgehead atoms. The number of carbonyl (C=O) groups is 3. The van der Waals surface area contributed by atoms with E-state index in [0.29, 0.717) is 19.0 Å². The lowest BCUT2D eigenvalue weighted by Crippen LogP contribution is -2.62. The van der Waals surface area contributed by atoms with Crippen LogP contribution in [0.2, 0.25) is 0 Å². The zero-order valence-corrected chi connectivity index (χ0v) is 10.8. The van der Waals surface area contributed by atoms with Gasteiger partial charge in [0.25, 0.3) is 0 Å². The number of rotatable bonds is 3. The lowest BCUT2D eigenvalue weighted by atomic mass is 9.92. The van der Waals surface area contributed by atoms with Crippen LogP contribution in [-0.4, -0.2) is 41.9 Å². The third-order valence-electron chi connectivity index (χ3n) is 3.62. The summed E-state index contributed by atoms with van der Waals surface area (Å²) < 4.78 is 5.00. The molecule has 0 radical (unpaired) electrons. The fourth-order valence-electron chi connectivity index (χ4n) is 2.60. The second kappa shape index (κ2) is 4.99. The molecule has 4 amide bonds. The number of hydrogen-bond acceptors (Lipinski definition) is 4. The maximum atomic E-state index is 12.1. The zero-order chi connectivity index (χ0) is 14.1. The Kier molecular flexibility index (Phi) is 3.17. The van der Waals surface area contributed by atoms with Gasteiger partial charge in [0, 0.05) is 13.1 Å². The van der Waals surface area contributed by atoms with Crippen LogP contribution in [0.1, 0.15) is 12.0 Å². The lowest BCUT2D eigenvalue weighted by Gasteiger charge is -2.41. The van der Waals surface area contributed by atoms with Gasteiger partial charge in [0.05, 0.1) is 18.9 Å². The van der Waals surface area contributed by atoms with E-state index in [1.165, 1.54) is 0 Å². The molecule has 1 aromatic rings. The normalized spacial score (nSPS) is 23.0. The summed E-state index contributed by atoms with van der Waals surface area (Å²) in [5.41, 5.74) is 1.12. The molecule has 2 aliphatic rings. The Hall–Kier alpha value is -2.31. The van der Waals surface area contributed by atoms with Crippen LogP contribution in [0.15, 0.2) is 23.0 Å². The highest BCUT2D eigenvalue weighted by atomic mass is 16.3. The van der Waals surface area contributed by atoms with E-state index in [0.717, 1.165) is 12.0 Å². The molecular formula is C13H15N3O4. The summed E-state index contributed by atoms with van der Waals surface area (Å²) in [5, 5.41) is 4.59. The summed E-state index contributed by atoms with van der Waals surface area (Å²) >= 11 is 0. The molecule has 2 saturated heterocycles. The van der Waals surface area contributed by atoms with E-state index in [1.54, 1.807) is 17.4 Å². The zero-order valence-electron chi connectivity index (χ0n) is 10.8. The maximum absolute atomic E-state index is 12.1. The summed E-state index contributed by atoms with van der Waals surface area (Å²) in [6.45, 7) is 1.30. The first-order valence-electron chi connectivity index (χ1n) is 6.52. The Balaban J connectivity index is 1.50. The second-order valence-corrected chi connectivity index (χ2v) is 5.22. The van der Waals surface area contributed by atoms with Gasteiger partial charge in [-0.25, -0.2) is 4.79 Å². The van der Waals surface area contributed by atoms with Gasteiger partial charge in [-0.05, 0) is 24.0 Å². The smallest absolute Gasteiger partial charge is 0.322 e. The van der Waals surface area contributed by atoms with Gasteiger partial charge in [0.1, 0.15) is 6.04 Å². The summed E-state index contributed by atoms with van der Waals surface area (Å²) in [6.07, 6.45) is 4.22. The van der Waals surface area contributed by atoms with Crippen molar-refractivity contribution in [2.75, 3.05) is 13.1 Å². The van der Waals surface area contributed by atoms with E-state index in [2.05, 4.69) is 10.6 Å². The molecular weight excluding hydrogens is 262 g/mol. The van der Waals surface area contributed by atoms with E-state index in [1.807, 2.05) is 6.07 Å². The summed E-state index contributed by atoms with van der Waals surface area (Å²) in [4.78, 5) is 36.2. The van der Waals surface area contributed by atoms with E-state index in [-0.39, 0.29) is 12.3 Å². The predicted octanol–water partition coefficient (Wildman–Crippen LogP) is -0.121. The molecule has 2 aliphatic heterocycles. The lowest BCUT2D eigenvalue weighted by molar-refractivity contribution is -0.142. The van der Waals surface area contributed by atoms with Crippen LogP contribution >= 0.6 is 0 Å². The van der Waals surface area contributed by atoms with Crippen LogP contribution in [0.5, 0.6) is 0 Å². The molecule has 2 N–H and O–H groups in total. The average molecular weight is 277 g/mol. The second-order valence-electron chi connectivity index (χ2n) is 5.22. The number of amides is 4. The number of hydrogen-bond donors (Lipinski definition) is 2. The molecule has 20 heavy (non-hydrogen) atoms. The first kappa shape index (κ1) is 12.7. The van der Waals surface area contributed by atoms with Crippen molar-refractivity contribution in [2.24, 2.45) is 5.92 Å². The molecule has 3 heterocycles. The van der Waals surface area contributed by atoms with Crippen LogP contribution in [0, 0.1) is 5.92 Å². The fourth-order valence-corrected chi connectivity index (χ4v) is 2.60. The Labute approximate surface area is 115 Å². The van der Waals surface area contributed by atoms with Crippen molar-refractivity contribution in [3.63, 3.8) is 0 Å². The summed E-state index contributed by atoms with van der Waals surface area (Å²) in [6, 6.07) is 0.581. The third kappa shape index (κ3) is 2.52. The quantitative estimate of drug-likeness (QED) is 0.805. The van der Waals surface area contributed by atoms with Crippen molar-refractivity contribution in [1.29, 1.82) is 0 Å². The van der Waals surface area contributed by atoms with Crippen molar-refractivity contribution >= 4 is 17.8 Å². The first-order chi connectivity index (χ1) is 9.61. The van der Waals surface area contributed by atoms with Crippen molar-refractivity contribution in [1.82, 2.24) is 15.5 Å². The predicted molar refractivity (Wildman–Crippen MR) is 67.6 cm³/mol. The van der Waals surface area contributed by atoms with Crippen molar-refractivity contribution < 1.29 is 18.8 Å². The average Bonchev–Trinajstić information content (AvgIpc) is 2.84. The number of urea groups is 1. The Morgan fingerprint density at radius 3 is 2.85 bits per heavy atom. The van der Waals surface area contributed by atoms with E-state index < -0.39 is 18.0 Å². The highest BCUT2D eigenvalue weighted by Gasteiger charge is 2.37. The summed E-state index contributed by atoms with van der Waals surface area (Å²) in [5.74, 6) is -0.191. The van der Waals surface area contributed by atoms with Gasteiger partial charge in [0.15, 0.2) is 0 Å². The number of nitrogens with one attached hydrogen (secondary N) is 2.